The number of carbonyl (C=O) groups excluding carboxylic acids is 1. The number of aromatic nitrogens is 2. The summed E-state index contributed by atoms with van der Waals surface area (Å²) in [6, 6.07) is 19.6. The molecule has 2 aliphatic rings. The molecule has 1 N–H and O–H groups in total. The Bertz CT molecular complexity index is 1480. The molecule has 0 aliphatic carbocycles. The zero-order valence-electron chi connectivity index (χ0n) is 20.5. The molecule has 188 valence electrons. The third-order valence-electron chi connectivity index (χ3n) is 6.98. The van der Waals surface area contributed by atoms with E-state index in [4.69, 9.17) is 31.0 Å². The largest absolute Gasteiger partial charge is 0.486 e. The summed E-state index contributed by atoms with van der Waals surface area (Å²) < 4.78 is 11.7. The van der Waals surface area contributed by atoms with Crippen LogP contribution >= 0.6 is 11.6 Å². The second kappa shape index (κ2) is 9.90. The SMILES string of the molecule is Cc1nc(NC2CCN(C(=O)c3ccccc3Cl)CC2)nc2ccc(-c3cccc4c3OCCO4)cc12. The van der Waals surface area contributed by atoms with Crippen molar-refractivity contribution in [3.8, 4) is 22.6 Å². The van der Waals surface area contributed by atoms with E-state index in [1.54, 1.807) is 12.1 Å². The number of nitrogens with zero attached hydrogens (tertiary/aromatic N) is 3. The van der Waals surface area contributed by atoms with Crippen molar-refractivity contribution in [2.45, 2.75) is 25.8 Å². The van der Waals surface area contributed by atoms with Crippen LogP contribution in [0, 0.1) is 6.92 Å². The lowest BCUT2D eigenvalue weighted by Gasteiger charge is -2.32. The Labute approximate surface area is 220 Å². The van der Waals surface area contributed by atoms with E-state index in [1.165, 1.54) is 0 Å². The number of halogens is 1. The van der Waals surface area contributed by atoms with Crippen LogP contribution in [-0.4, -0.2) is 53.1 Å². The first-order chi connectivity index (χ1) is 18.1. The number of fused-ring (bicyclic) bond motifs is 2. The summed E-state index contributed by atoms with van der Waals surface area (Å²) >= 11 is 6.22. The van der Waals surface area contributed by atoms with Gasteiger partial charge in [0.05, 0.1) is 21.8 Å². The number of rotatable bonds is 4. The minimum Gasteiger partial charge on any atom is -0.486 e. The zero-order chi connectivity index (χ0) is 25.4. The van der Waals surface area contributed by atoms with Crippen LogP contribution in [-0.2, 0) is 0 Å². The minimum absolute atomic E-state index is 0.0192. The molecule has 8 heteroatoms. The molecule has 6 rings (SSSR count). The molecule has 0 atom stereocenters. The first-order valence-electron chi connectivity index (χ1n) is 12.5. The van der Waals surface area contributed by atoms with Gasteiger partial charge in [-0.3, -0.25) is 4.79 Å². The van der Waals surface area contributed by atoms with Gasteiger partial charge in [0.2, 0.25) is 5.95 Å². The number of para-hydroxylation sites is 1. The Morgan fingerprint density at radius 1 is 1.00 bits per heavy atom. The van der Waals surface area contributed by atoms with E-state index < -0.39 is 0 Å². The molecule has 4 aromatic rings. The predicted octanol–water partition coefficient (Wildman–Crippen LogP) is 5.75. The standard InChI is InChI=1S/C29H27ClN4O3/c1-18-23-17-19(21-6-4-8-26-27(21)37-16-15-36-26)9-10-25(23)33-29(31-18)32-20-11-13-34(14-12-20)28(35)22-5-2-3-7-24(22)30/h2-10,17,20H,11-16H2,1H3,(H,31,32,33). The number of piperidine rings is 1. The van der Waals surface area contributed by atoms with Gasteiger partial charge >= 0.3 is 0 Å². The average Bonchev–Trinajstić information content (AvgIpc) is 2.93. The second-order valence-corrected chi connectivity index (χ2v) is 9.79. The molecular formula is C29H27ClN4O3. The highest BCUT2D eigenvalue weighted by molar-refractivity contribution is 6.33. The molecule has 0 bridgehead atoms. The Hall–Kier alpha value is -3.84. The van der Waals surface area contributed by atoms with Crippen LogP contribution in [0.15, 0.2) is 60.7 Å². The molecule has 1 fully saturated rings. The van der Waals surface area contributed by atoms with Gasteiger partial charge < -0.3 is 19.7 Å². The minimum atomic E-state index is -0.0192. The summed E-state index contributed by atoms with van der Waals surface area (Å²) in [5, 5.41) is 4.98. The highest BCUT2D eigenvalue weighted by Crippen LogP contribution is 2.40. The summed E-state index contributed by atoms with van der Waals surface area (Å²) in [7, 11) is 0. The van der Waals surface area contributed by atoms with Gasteiger partial charge in [-0.1, -0.05) is 41.9 Å². The van der Waals surface area contributed by atoms with Crippen molar-refractivity contribution in [3.05, 3.63) is 76.9 Å². The van der Waals surface area contributed by atoms with E-state index in [0.29, 0.717) is 42.8 Å². The van der Waals surface area contributed by atoms with E-state index in [2.05, 4.69) is 17.4 Å². The topological polar surface area (TPSA) is 76.6 Å². The summed E-state index contributed by atoms with van der Waals surface area (Å²) in [6.07, 6.45) is 1.63. The number of anilines is 1. The van der Waals surface area contributed by atoms with Crippen LogP contribution in [0.4, 0.5) is 5.95 Å². The van der Waals surface area contributed by atoms with Crippen molar-refractivity contribution < 1.29 is 14.3 Å². The molecule has 7 nitrogen and oxygen atoms in total. The van der Waals surface area contributed by atoms with Crippen LogP contribution in [0.2, 0.25) is 5.02 Å². The fourth-order valence-electron chi connectivity index (χ4n) is 5.03. The van der Waals surface area contributed by atoms with Crippen LogP contribution in [0.3, 0.4) is 0 Å². The van der Waals surface area contributed by atoms with E-state index in [-0.39, 0.29) is 11.9 Å². The van der Waals surface area contributed by atoms with Crippen molar-refractivity contribution >= 4 is 34.4 Å². The molecule has 1 saturated heterocycles. The number of carbonyl (C=O) groups is 1. The third kappa shape index (κ3) is 4.67. The lowest BCUT2D eigenvalue weighted by molar-refractivity contribution is 0.0718. The summed E-state index contributed by atoms with van der Waals surface area (Å²) in [5.41, 5.74) is 4.38. The maximum atomic E-state index is 12.9. The average molecular weight is 515 g/mol. The monoisotopic (exact) mass is 514 g/mol. The fraction of sp³-hybridized carbons (Fsp3) is 0.276. The Balaban J connectivity index is 1.17. The molecule has 1 amide bonds. The van der Waals surface area contributed by atoms with Gasteiger partial charge in [-0.2, -0.15) is 0 Å². The summed E-state index contributed by atoms with van der Waals surface area (Å²) in [6.45, 7) is 4.43. The Morgan fingerprint density at radius 3 is 2.65 bits per heavy atom. The van der Waals surface area contributed by atoms with Crippen LogP contribution in [0.5, 0.6) is 11.5 Å². The molecule has 3 aromatic carbocycles. The van der Waals surface area contributed by atoms with Crippen molar-refractivity contribution in [1.29, 1.82) is 0 Å². The highest BCUT2D eigenvalue weighted by atomic mass is 35.5. The fourth-order valence-corrected chi connectivity index (χ4v) is 5.25. The third-order valence-corrected chi connectivity index (χ3v) is 7.31. The van der Waals surface area contributed by atoms with E-state index in [9.17, 15) is 4.79 Å². The van der Waals surface area contributed by atoms with Crippen molar-refractivity contribution in [3.63, 3.8) is 0 Å². The molecule has 3 heterocycles. The number of likely N-dealkylation sites (tertiary alicyclic amines) is 1. The van der Waals surface area contributed by atoms with Gasteiger partial charge in [0.1, 0.15) is 13.2 Å². The molecule has 2 aliphatic heterocycles. The van der Waals surface area contributed by atoms with Gasteiger partial charge in [-0.05, 0) is 55.7 Å². The summed E-state index contributed by atoms with van der Waals surface area (Å²) in [4.78, 5) is 24.3. The Morgan fingerprint density at radius 2 is 1.81 bits per heavy atom. The lowest BCUT2D eigenvalue weighted by atomic mass is 10.0. The highest BCUT2D eigenvalue weighted by Gasteiger charge is 2.25. The van der Waals surface area contributed by atoms with Crippen LogP contribution < -0.4 is 14.8 Å². The van der Waals surface area contributed by atoms with Gasteiger partial charge in [-0.15, -0.1) is 0 Å². The molecule has 37 heavy (non-hydrogen) atoms. The number of hydrogen-bond acceptors (Lipinski definition) is 6. The zero-order valence-corrected chi connectivity index (χ0v) is 21.3. The number of hydrogen-bond donors (Lipinski definition) is 1. The molecule has 0 saturated carbocycles. The van der Waals surface area contributed by atoms with E-state index in [0.717, 1.165) is 52.1 Å². The van der Waals surface area contributed by atoms with Gasteiger partial charge in [0.25, 0.3) is 5.91 Å². The number of aryl methyl sites for hydroxylation is 1. The van der Waals surface area contributed by atoms with E-state index in [1.807, 2.05) is 48.2 Å². The second-order valence-electron chi connectivity index (χ2n) is 9.38. The lowest BCUT2D eigenvalue weighted by Crippen LogP contribution is -2.42. The van der Waals surface area contributed by atoms with Crippen molar-refractivity contribution in [2.24, 2.45) is 0 Å². The number of nitrogens with one attached hydrogen (secondary N) is 1. The molecular weight excluding hydrogens is 488 g/mol. The maximum absolute atomic E-state index is 12.9. The van der Waals surface area contributed by atoms with Gasteiger partial charge in [0, 0.05) is 30.1 Å². The van der Waals surface area contributed by atoms with Gasteiger partial charge in [0.15, 0.2) is 11.5 Å². The first-order valence-corrected chi connectivity index (χ1v) is 12.9. The number of benzene rings is 3. The Kier molecular flexibility index (Phi) is 6.30. The van der Waals surface area contributed by atoms with Crippen molar-refractivity contribution in [2.75, 3.05) is 31.6 Å². The van der Waals surface area contributed by atoms with E-state index >= 15 is 0 Å². The first kappa shape index (κ1) is 23.6. The normalized spacial score (nSPS) is 15.6. The summed E-state index contributed by atoms with van der Waals surface area (Å²) in [5.74, 6) is 2.15. The molecule has 0 unspecified atom stereocenters. The predicted molar refractivity (Wildman–Crippen MR) is 145 cm³/mol. The van der Waals surface area contributed by atoms with Crippen LogP contribution in [0.1, 0.15) is 28.9 Å². The van der Waals surface area contributed by atoms with Crippen molar-refractivity contribution in [1.82, 2.24) is 14.9 Å². The maximum Gasteiger partial charge on any atom is 0.255 e. The molecule has 0 spiro atoms. The quantitative estimate of drug-likeness (QED) is 0.374. The number of amides is 1. The van der Waals surface area contributed by atoms with Gasteiger partial charge in [-0.25, -0.2) is 9.97 Å². The number of ether oxygens (including phenoxy) is 2. The molecule has 0 radical (unpaired) electrons. The van der Waals surface area contributed by atoms with Crippen LogP contribution in [0.25, 0.3) is 22.0 Å². The molecule has 1 aromatic heterocycles. The smallest absolute Gasteiger partial charge is 0.255 e.